The number of aliphatic hydroxyl groups excluding tert-OH is 1. The Morgan fingerprint density at radius 2 is 2.31 bits per heavy atom. The molecule has 4 nitrogen and oxygen atoms in total. The van der Waals surface area contributed by atoms with Crippen LogP contribution in [-0.2, 0) is 12.8 Å². The number of aliphatic hydroxyl groups is 1. The summed E-state index contributed by atoms with van der Waals surface area (Å²) in [6, 6.07) is 2.03. The molecule has 1 heterocycles. The predicted molar refractivity (Wildman–Crippen MR) is 49.6 cm³/mol. The maximum atomic E-state index is 8.61. The average Bonchev–Trinajstić information content (AvgIpc) is 2.61. The number of aromatic nitrogens is 2. The van der Waals surface area contributed by atoms with E-state index in [-0.39, 0.29) is 6.61 Å². The summed E-state index contributed by atoms with van der Waals surface area (Å²) in [6.07, 6.45) is 3.36. The second-order valence-corrected chi connectivity index (χ2v) is 3.21. The molecule has 2 N–H and O–H groups in total. The molecule has 0 aliphatic heterocycles. The molecule has 13 heavy (non-hydrogen) atoms. The third kappa shape index (κ3) is 1.78. The van der Waals surface area contributed by atoms with Gasteiger partial charge in [-0.15, -0.1) is 5.10 Å². The van der Waals surface area contributed by atoms with E-state index in [4.69, 9.17) is 5.11 Å². The number of aryl methyl sites for hydroxylation is 2. The van der Waals surface area contributed by atoms with Gasteiger partial charge in [-0.1, -0.05) is 0 Å². The monoisotopic (exact) mass is 179 g/mol. The summed E-state index contributed by atoms with van der Waals surface area (Å²) >= 11 is 0. The van der Waals surface area contributed by atoms with Crippen molar-refractivity contribution >= 4 is 5.82 Å². The average molecular weight is 179 g/mol. The number of rotatable bonds is 3. The van der Waals surface area contributed by atoms with Crippen molar-refractivity contribution in [1.82, 2.24) is 10.2 Å². The highest BCUT2D eigenvalue weighted by atomic mass is 16.3. The zero-order valence-corrected chi connectivity index (χ0v) is 7.45. The highest BCUT2D eigenvalue weighted by Crippen LogP contribution is 2.20. The van der Waals surface area contributed by atoms with Crippen molar-refractivity contribution < 1.29 is 5.11 Å². The first-order valence-corrected chi connectivity index (χ1v) is 4.60. The topological polar surface area (TPSA) is 58.0 Å². The number of hydrogen-bond donors (Lipinski definition) is 2. The van der Waals surface area contributed by atoms with Gasteiger partial charge in [0.1, 0.15) is 5.82 Å². The van der Waals surface area contributed by atoms with Gasteiger partial charge in [-0.2, -0.15) is 5.10 Å². The Morgan fingerprint density at radius 3 is 3.15 bits per heavy atom. The van der Waals surface area contributed by atoms with Gasteiger partial charge < -0.3 is 10.4 Å². The van der Waals surface area contributed by atoms with Crippen molar-refractivity contribution in [3.05, 3.63) is 17.3 Å². The maximum absolute atomic E-state index is 8.61. The molecular formula is C9H13N3O. The fourth-order valence-electron chi connectivity index (χ4n) is 1.60. The lowest BCUT2D eigenvalue weighted by molar-refractivity contribution is 0.311. The molecule has 1 aromatic rings. The number of hydrogen-bond acceptors (Lipinski definition) is 4. The van der Waals surface area contributed by atoms with Crippen LogP contribution in [0.3, 0.4) is 0 Å². The van der Waals surface area contributed by atoms with Crippen LogP contribution >= 0.6 is 0 Å². The SMILES string of the molecule is OCCNc1cc2c(nn1)CCC2. The van der Waals surface area contributed by atoms with Crippen LogP contribution in [-0.4, -0.2) is 28.5 Å². The molecule has 2 rings (SSSR count). The van der Waals surface area contributed by atoms with Crippen molar-refractivity contribution in [2.24, 2.45) is 0 Å². The molecule has 0 fully saturated rings. The summed E-state index contributed by atoms with van der Waals surface area (Å²) in [5.74, 6) is 0.773. The van der Waals surface area contributed by atoms with Crippen LogP contribution in [0.15, 0.2) is 6.07 Å². The van der Waals surface area contributed by atoms with Gasteiger partial charge >= 0.3 is 0 Å². The van der Waals surface area contributed by atoms with Crippen LogP contribution in [0.5, 0.6) is 0 Å². The first kappa shape index (κ1) is 8.44. The van der Waals surface area contributed by atoms with Gasteiger partial charge in [0.15, 0.2) is 0 Å². The Bertz CT molecular complexity index is 301. The van der Waals surface area contributed by atoms with Crippen molar-refractivity contribution in [3.63, 3.8) is 0 Å². The van der Waals surface area contributed by atoms with E-state index in [1.807, 2.05) is 6.07 Å². The van der Waals surface area contributed by atoms with Gasteiger partial charge in [-0.05, 0) is 30.9 Å². The lowest BCUT2D eigenvalue weighted by atomic mass is 10.2. The second-order valence-electron chi connectivity index (χ2n) is 3.21. The fourth-order valence-corrected chi connectivity index (χ4v) is 1.60. The van der Waals surface area contributed by atoms with E-state index in [1.54, 1.807) is 0 Å². The van der Waals surface area contributed by atoms with Gasteiger partial charge in [0, 0.05) is 6.54 Å². The zero-order chi connectivity index (χ0) is 9.10. The van der Waals surface area contributed by atoms with Gasteiger partial charge in [0.25, 0.3) is 0 Å². The number of anilines is 1. The third-order valence-corrected chi connectivity index (χ3v) is 2.24. The Kier molecular flexibility index (Phi) is 2.40. The molecule has 70 valence electrons. The maximum Gasteiger partial charge on any atom is 0.149 e. The van der Waals surface area contributed by atoms with Gasteiger partial charge in [0.05, 0.1) is 12.3 Å². The molecule has 0 atom stereocenters. The van der Waals surface area contributed by atoms with Gasteiger partial charge in [0.2, 0.25) is 0 Å². The molecule has 0 saturated carbocycles. The fraction of sp³-hybridized carbons (Fsp3) is 0.556. The van der Waals surface area contributed by atoms with E-state index in [0.717, 1.165) is 24.4 Å². The minimum absolute atomic E-state index is 0.124. The van der Waals surface area contributed by atoms with Crippen LogP contribution < -0.4 is 5.32 Å². The number of nitrogens with zero attached hydrogens (tertiary/aromatic N) is 2. The molecule has 1 aromatic heterocycles. The van der Waals surface area contributed by atoms with Crippen LogP contribution in [0.1, 0.15) is 17.7 Å². The Hall–Kier alpha value is -1.16. The Morgan fingerprint density at radius 1 is 1.38 bits per heavy atom. The molecule has 1 aliphatic carbocycles. The van der Waals surface area contributed by atoms with E-state index in [9.17, 15) is 0 Å². The normalized spacial score (nSPS) is 14.2. The molecular weight excluding hydrogens is 166 g/mol. The van der Waals surface area contributed by atoms with Crippen LogP contribution in [0.4, 0.5) is 5.82 Å². The number of nitrogens with one attached hydrogen (secondary N) is 1. The minimum atomic E-state index is 0.124. The summed E-state index contributed by atoms with van der Waals surface area (Å²) in [5, 5.41) is 19.7. The van der Waals surface area contributed by atoms with E-state index >= 15 is 0 Å². The Labute approximate surface area is 77.0 Å². The van der Waals surface area contributed by atoms with Gasteiger partial charge in [-0.3, -0.25) is 0 Å². The van der Waals surface area contributed by atoms with E-state index in [0.29, 0.717) is 6.54 Å². The van der Waals surface area contributed by atoms with Gasteiger partial charge in [-0.25, -0.2) is 0 Å². The molecule has 4 heteroatoms. The molecule has 0 aromatic carbocycles. The molecule has 0 unspecified atom stereocenters. The largest absolute Gasteiger partial charge is 0.395 e. The molecule has 0 radical (unpaired) electrons. The summed E-state index contributed by atoms with van der Waals surface area (Å²) in [4.78, 5) is 0. The van der Waals surface area contributed by atoms with E-state index < -0.39 is 0 Å². The zero-order valence-electron chi connectivity index (χ0n) is 7.45. The minimum Gasteiger partial charge on any atom is -0.395 e. The summed E-state index contributed by atoms with van der Waals surface area (Å²) in [6.45, 7) is 0.659. The highest BCUT2D eigenvalue weighted by molar-refractivity contribution is 5.39. The van der Waals surface area contributed by atoms with Crippen LogP contribution in [0.2, 0.25) is 0 Å². The summed E-state index contributed by atoms with van der Waals surface area (Å²) < 4.78 is 0. The molecule has 1 aliphatic rings. The predicted octanol–water partition coefficient (Wildman–Crippen LogP) is 0.369. The van der Waals surface area contributed by atoms with Crippen LogP contribution in [0.25, 0.3) is 0 Å². The van der Waals surface area contributed by atoms with Crippen molar-refractivity contribution in [2.75, 3.05) is 18.5 Å². The summed E-state index contributed by atoms with van der Waals surface area (Å²) in [5.41, 5.74) is 2.44. The lowest BCUT2D eigenvalue weighted by Gasteiger charge is -2.03. The quantitative estimate of drug-likeness (QED) is 0.703. The lowest BCUT2D eigenvalue weighted by Crippen LogP contribution is -2.08. The standard InChI is InChI=1S/C9H13N3O/c13-5-4-10-9-6-7-2-1-3-8(7)11-12-9/h6,13H,1-5H2,(H,10,12). The first-order chi connectivity index (χ1) is 6.40. The second kappa shape index (κ2) is 3.70. The van der Waals surface area contributed by atoms with Crippen LogP contribution in [0, 0.1) is 0 Å². The smallest absolute Gasteiger partial charge is 0.149 e. The molecule has 0 amide bonds. The van der Waals surface area contributed by atoms with Crippen molar-refractivity contribution in [3.8, 4) is 0 Å². The van der Waals surface area contributed by atoms with Crippen molar-refractivity contribution in [1.29, 1.82) is 0 Å². The molecule has 0 spiro atoms. The molecule has 0 bridgehead atoms. The Balaban J connectivity index is 2.12. The third-order valence-electron chi connectivity index (χ3n) is 2.24. The van der Waals surface area contributed by atoms with E-state index in [1.165, 1.54) is 12.0 Å². The van der Waals surface area contributed by atoms with E-state index in [2.05, 4.69) is 15.5 Å². The summed E-state index contributed by atoms with van der Waals surface area (Å²) in [7, 11) is 0. The first-order valence-electron chi connectivity index (χ1n) is 4.60. The number of fused-ring (bicyclic) bond motifs is 1. The highest BCUT2D eigenvalue weighted by Gasteiger charge is 2.12. The molecule has 0 saturated heterocycles. The van der Waals surface area contributed by atoms with Crippen molar-refractivity contribution in [2.45, 2.75) is 19.3 Å².